The van der Waals surface area contributed by atoms with Crippen molar-refractivity contribution in [2.75, 3.05) is 18.8 Å². The van der Waals surface area contributed by atoms with E-state index in [0.717, 1.165) is 25.9 Å². The number of rotatable bonds is 3. The normalized spacial score (nSPS) is 24.7. The van der Waals surface area contributed by atoms with Crippen LogP contribution in [-0.4, -0.2) is 33.3 Å². The summed E-state index contributed by atoms with van der Waals surface area (Å²) >= 11 is 0. The van der Waals surface area contributed by atoms with Gasteiger partial charge >= 0.3 is 0 Å². The predicted molar refractivity (Wildman–Crippen MR) is 76.6 cm³/mol. The first-order chi connectivity index (χ1) is 8.05. The maximum atomic E-state index is 11.5. The third-order valence-electron chi connectivity index (χ3n) is 4.44. The Morgan fingerprint density at radius 3 is 2.22 bits per heavy atom. The zero-order chi connectivity index (χ0) is 12.4. The van der Waals surface area contributed by atoms with Gasteiger partial charge in [0.2, 0.25) is 10.0 Å². The smallest absolute Gasteiger partial charge is 0.211 e. The van der Waals surface area contributed by atoms with Crippen LogP contribution in [0.5, 0.6) is 0 Å². The van der Waals surface area contributed by atoms with Crippen molar-refractivity contribution >= 4 is 22.4 Å². The van der Waals surface area contributed by atoms with E-state index in [1.54, 1.807) is 6.92 Å². The number of halogens is 1. The summed E-state index contributed by atoms with van der Waals surface area (Å²) < 4.78 is 25.9. The molecule has 1 aliphatic carbocycles. The highest BCUT2D eigenvalue weighted by molar-refractivity contribution is 7.89. The molecule has 108 valence electrons. The standard InChI is InChI=1S/C12H24N2O2S.ClH/c1-2-17(15,16)14-11-3-5-12(6-4-11)7-9-13-10-8-12;/h11,13-14H,2-10H2,1H3;1H. The molecule has 2 rings (SSSR count). The molecule has 1 spiro atoms. The van der Waals surface area contributed by atoms with Crippen LogP contribution in [0.2, 0.25) is 0 Å². The van der Waals surface area contributed by atoms with Gasteiger partial charge in [-0.2, -0.15) is 0 Å². The Morgan fingerprint density at radius 1 is 1.17 bits per heavy atom. The Kier molecular flexibility index (Phi) is 5.90. The first-order valence-corrected chi connectivity index (χ1v) is 8.41. The Morgan fingerprint density at radius 2 is 1.72 bits per heavy atom. The summed E-state index contributed by atoms with van der Waals surface area (Å²) in [6.45, 7) is 3.95. The van der Waals surface area contributed by atoms with E-state index in [1.807, 2.05) is 0 Å². The molecule has 1 saturated heterocycles. The highest BCUT2D eigenvalue weighted by Crippen LogP contribution is 2.43. The topological polar surface area (TPSA) is 58.2 Å². The Bertz CT molecular complexity index is 343. The van der Waals surface area contributed by atoms with Crippen LogP contribution in [0.1, 0.15) is 45.4 Å². The van der Waals surface area contributed by atoms with Crippen molar-refractivity contribution < 1.29 is 8.42 Å². The van der Waals surface area contributed by atoms with E-state index in [0.29, 0.717) is 5.41 Å². The molecule has 0 unspecified atom stereocenters. The second-order valence-corrected chi connectivity index (χ2v) is 7.59. The molecule has 1 heterocycles. The molecule has 0 amide bonds. The second-order valence-electron chi connectivity index (χ2n) is 5.55. The van der Waals surface area contributed by atoms with Gasteiger partial charge in [0.1, 0.15) is 0 Å². The van der Waals surface area contributed by atoms with Crippen LogP contribution in [0.3, 0.4) is 0 Å². The summed E-state index contributed by atoms with van der Waals surface area (Å²) in [6.07, 6.45) is 6.93. The average molecular weight is 297 g/mol. The van der Waals surface area contributed by atoms with Crippen LogP contribution in [0.25, 0.3) is 0 Å². The molecule has 1 saturated carbocycles. The zero-order valence-electron chi connectivity index (χ0n) is 11.1. The molecule has 1 aliphatic heterocycles. The second kappa shape index (κ2) is 6.55. The fraction of sp³-hybridized carbons (Fsp3) is 1.00. The number of sulfonamides is 1. The first-order valence-electron chi connectivity index (χ1n) is 6.76. The lowest BCUT2D eigenvalue weighted by Crippen LogP contribution is -2.44. The van der Waals surface area contributed by atoms with E-state index in [2.05, 4.69) is 10.0 Å². The number of hydrogen-bond acceptors (Lipinski definition) is 3. The van der Waals surface area contributed by atoms with Crippen molar-refractivity contribution in [2.45, 2.75) is 51.5 Å². The number of piperidine rings is 1. The lowest BCUT2D eigenvalue weighted by atomic mass is 9.67. The Labute approximate surface area is 117 Å². The lowest BCUT2D eigenvalue weighted by molar-refractivity contribution is 0.121. The summed E-state index contributed by atoms with van der Waals surface area (Å²) in [5.74, 6) is 0.193. The molecule has 0 aromatic carbocycles. The van der Waals surface area contributed by atoms with Crippen LogP contribution < -0.4 is 10.0 Å². The Balaban J connectivity index is 0.00000162. The van der Waals surface area contributed by atoms with Crippen molar-refractivity contribution in [3.05, 3.63) is 0 Å². The third kappa shape index (κ3) is 4.08. The van der Waals surface area contributed by atoms with Crippen LogP contribution in [-0.2, 0) is 10.0 Å². The molecule has 0 radical (unpaired) electrons. The van der Waals surface area contributed by atoms with Crippen LogP contribution in [0.15, 0.2) is 0 Å². The summed E-state index contributed by atoms with van der Waals surface area (Å²) in [6, 6.07) is 0.181. The molecular weight excluding hydrogens is 272 g/mol. The first kappa shape index (κ1) is 16.2. The van der Waals surface area contributed by atoms with Crippen molar-refractivity contribution in [1.29, 1.82) is 0 Å². The summed E-state index contributed by atoms with van der Waals surface area (Å²) in [5.41, 5.74) is 0.513. The molecule has 2 fully saturated rings. The van der Waals surface area contributed by atoms with Crippen molar-refractivity contribution in [2.24, 2.45) is 5.41 Å². The van der Waals surface area contributed by atoms with Gasteiger partial charge in [0.25, 0.3) is 0 Å². The predicted octanol–water partition coefficient (Wildman–Crippen LogP) is 1.66. The largest absolute Gasteiger partial charge is 0.317 e. The van der Waals surface area contributed by atoms with Gasteiger partial charge in [0.05, 0.1) is 5.75 Å². The highest BCUT2D eigenvalue weighted by atomic mass is 35.5. The molecule has 6 heteroatoms. The lowest BCUT2D eigenvalue weighted by Gasteiger charge is -2.43. The van der Waals surface area contributed by atoms with Gasteiger partial charge in [-0.25, -0.2) is 13.1 Å². The number of hydrogen-bond donors (Lipinski definition) is 2. The maximum absolute atomic E-state index is 11.5. The fourth-order valence-electron chi connectivity index (χ4n) is 3.14. The van der Waals surface area contributed by atoms with Gasteiger partial charge in [-0.3, -0.25) is 0 Å². The SMILES string of the molecule is CCS(=O)(=O)NC1CCC2(CCNCC2)CC1.Cl. The van der Waals surface area contributed by atoms with Gasteiger partial charge in [-0.15, -0.1) is 12.4 Å². The van der Waals surface area contributed by atoms with Crippen LogP contribution in [0, 0.1) is 5.41 Å². The molecule has 2 N–H and O–H groups in total. The van der Waals surface area contributed by atoms with Crippen molar-refractivity contribution in [3.63, 3.8) is 0 Å². The minimum Gasteiger partial charge on any atom is -0.317 e. The molecule has 0 aromatic heterocycles. The van der Waals surface area contributed by atoms with Gasteiger partial charge in [0, 0.05) is 6.04 Å². The molecule has 4 nitrogen and oxygen atoms in total. The molecule has 0 bridgehead atoms. The quantitative estimate of drug-likeness (QED) is 0.833. The van der Waals surface area contributed by atoms with Gasteiger partial charge in [-0.1, -0.05) is 0 Å². The van der Waals surface area contributed by atoms with E-state index in [9.17, 15) is 8.42 Å². The minimum absolute atomic E-state index is 0. The van der Waals surface area contributed by atoms with E-state index >= 15 is 0 Å². The molecule has 0 atom stereocenters. The average Bonchev–Trinajstić information content (AvgIpc) is 2.34. The van der Waals surface area contributed by atoms with Crippen LogP contribution in [0.4, 0.5) is 0 Å². The summed E-state index contributed by atoms with van der Waals surface area (Å²) in [5, 5.41) is 3.40. The van der Waals surface area contributed by atoms with E-state index in [-0.39, 0.29) is 24.2 Å². The molecule has 2 aliphatic rings. The van der Waals surface area contributed by atoms with Gasteiger partial charge in [-0.05, 0) is 64.0 Å². The van der Waals surface area contributed by atoms with Gasteiger partial charge in [0.15, 0.2) is 0 Å². The van der Waals surface area contributed by atoms with Crippen LogP contribution >= 0.6 is 12.4 Å². The van der Waals surface area contributed by atoms with E-state index in [4.69, 9.17) is 0 Å². The number of nitrogens with one attached hydrogen (secondary N) is 2. The van der Waals surface area contributed by atoms with Crippen molar-refractivity contribution in [1.82, 2.24) is 10.0 Å². The molecular formula is C12H25ClN2O2S. The maximum Gasteiger partial charge on any atom is 0.211 e. The van der Waals surface area contributed by atoms with E-state index < -0.39 is 10.0 Å². The monoisotopic (exact) mass is 296 g/mol. The van der Waals surface area contributed by atoms with E-state index in [1.165, 1.54) is 25.7 Å². The molecule has 18 heavy (non-hydrogen) atoms. The summed E-state index contributed by atoms with van der Waals surface area (Å²) in [4.78, 5) is 0. The van der Waals surface area contributed by atoms with Crippen molar-refractivity contribution in [3.8, 4) is 0 Å². The Hall–Kier alpha value is 0.160. The molecule has 0 aromatic rings. The minimum atomic E-state index is -3.02. The fourth-order valence-corrected chi connectivity index (χ4v) is 4.05. The highest BCUT2D eigenvalue weighted by Gasteiger charge is 2.36. The zero-order valence-corrected chi connectivity index (χ0v) is 12.7. The van der Waals surface area contributed by atoms with Gasteiger partial charge < -0.3 is 5.32 Å². The third-order valence-corrected chi connectivity index (χ3v) is 5.89. The summed E-state index contributed by atoms with van der Waals surface area (Å²) in [7, 11) is -3.02.